The molecule has 0 radical (unpaired) electrons. The van der Waals surface area contributed by atoms with Crippen LogP contribution < -0.4 is 4.74 Å². The van der Waals surface area contributed by atoms with Gasteiger partial charge < -0.3 is 9.47 Å². The van der Waals surface area contributed by atoms with E-state index in [0.717, 1.165) is 0 Å². The van der Waals surface area contributed by atoms with Gasteiger partial charge in [-0.05, 0) is 45.0 Å². The van der Waals surface area contributed by atoms with Gasteiger partial charge in [-0.2, -0.15) is 0 Å². The number of carbonyl (C=O) groups excluding carboxylic acids is 2. The zero-order chi connectivity index (χ0) is 13.1. The fourth-order valence-corrected chi connectivity index (χ4v) is 1.18. The zero-order valence-corrected chi connectivity index (χ0v) is 10.6. The summed E-state index contributed by atoms with van der Waals surface area (Å²) in [5.41, 5.74) is -1.08. The highest BCUT2D eigenvalue weighted by Gasteiger charge is 2.17. The Balaban J connectivity index is 2.74. The summed E-state index contributed by atoms with van der Waals surface area (Å²) in [6, 6.07) is 5.95. The molecule has 0 aliphatic carbocycles. The molecule has 0 aliphatic rings. The van der Waals surface area contributed by atoms with E-state index in [4.69, 9.17) is 16.3 Å². The van der Waals surface area contributed by atoms with Crippen molar-refractivity contribution >= 4 is 23.0 Å². The summed E-state index contributed by atoms with van der Waals surface area (Å²) in [5.74, 6) is -0.154. The van der Waals surface area contributed by atoms with Gasteiger partial charge in [0, 0.05) is 11.6 Å². The van der Waals surface area contributed by atoms with Crippen molar-refractivity contribution in [2.75, 3.05) is 0 Å². The first-order valence-electron chi connectivity index (χ1n) is 4.99. The normalized spacial score (nSPS) is 10.8. The van der Waals surface area contributed by atoms with E-state index in [0.29, 0.717) is 5.56 Å². The van der Waals surface area contributed by atoms with Gasteiger partial charge in [-0.15, -0.1) is 0 Å². The molecule has 5 heteroatoms. The Bertz CT molecular complexity index is 417. The van der Waals surface area contributed by atoms with Gasteiger partial charge in [0.1, 0.15) is 11.4 Å². The minimum absolute atomic E-state index is 0.275. The van der Waals surface area contributed by atoms with E-state index in [-0.39, 0.29) is 5.75 Å². The van der Waals surface area contributed by atoms with Crippen molar-refractivity contribution in [3.05, 3.63) is 29.8 Å². The molecular formula is C12H13ClO4. The van der Waals surface area contributed by atoms with Crippen molar-refractivity contribution < 1.29 is 19.1 Å². The van der Waals surface area contributed by atoms with Gasteiger partial charge in [-0.25, -0.2) is 9.59 Å². The Morgan fingerprint density at radius 3 is 2.06 bits per heavy atom. The summed E-state index contributed by atoms with van der Waals surface area (Å²) < 4.78 is 9.80. The fourth-order valence-electron chi connectivity index (χ4n) is 1.09. The Kier molecular flexibility index (Phi) is 4.12. The smallest absolute Gasteiger partial charge is 0.409 e. The molecule has 0 amide bonds. The molecule has 4 nitrogen and oxygen atoms in total. The van der Waals surface area contributed by atoms with Crippen LogP contribution in [-0.2, 0) is 4.74 Å². The average Bonchev–Trinajstić information content (AvgIpc) is 2.15. The Morgan fingerprint density at radius 1 is 1.12 bits per heavy atom. The highest BCUT2D eigenvalue weighted by molar-refractivity contribution is 6.61. The van der Waals surface area contributed by atoms with Crippen molar-refractivity contribution in [2.24, 2.45) is 0 Å². The molecule has 0 fully saturated rings. The lowest BCUT2D eigenvalue weighted by Gasteiger charge is -2.19. The maximum Gasteiger partial charge on any atom is 0.409 e. The molecule has 0 atom stereocenters. The van der Waals surface area contributed by atoms with Crippen LogP contribution in [0.5, 0.6) is 5.75 Å². The largest absolute Gasteiger partial charge is 0.456 e. The lowest BCUT2D eigenvalue weighted by molar-refractivity contribution is 0.00695. The molecule has 0 heterocycles. The van der Waals surface area contributed by atoms with E-state index in [9.17, 15) is 9.59 Å². The highest BCUT2D eigenvalue weighted by atomic mass is 35.5. The van der Waals surface area contributed by atoms with Crippen LogP contribution in [0.2, 0.25) is 0 Å². The maximum absolute atomic E-state index is 11.6. The molecule has 0 spiro atoms. The van der Waals surface area contributed by atoms with Crippen LogP contribution in [0.1, 0.15) is 31.1 Å². The summed E-state index contributed by atoms with van der Waals surface area (Å²) in [5, 5.41) is 0. The third kappa shape index (κ3) is 4.87. The van der Waals surface area contributed by atoms with Crippen LogP contribution in [0.15, 0.2) is 24.3 Å². The quantitative estimate of drug-likeness (QED) is 0.601. The first-order valence-corrected chi connectivity index (χ1v) is 5.36. The number of rotatable bonds is 2. The Morgan fingerprint density at radius 2 is 1.65 bits per heavy atom. The van der Waals surface area contributed by atoms with Crippen molar-refractivity contribution in [3.63, 3.8) is 0 Å². The molecule has 1 aromatic carbocycles. The third-order valence-corrected chi connectivity index (χ3v) is 1.76. The van der Waals surface area contributed by atoms with Crippen LogP contribution in [0.3, 0.4) is 0 Å². The summed E-state index contributed by atoms with van der Waals surface area (Å²) >= 11 is 5.05. The minimum Gasteiger partial charge on any atom is -0.456 e. The number of carbonyl (C=O) groups is 2. The van der Waals surface area contributed by atoms with Gasteiger partial charge in [0.25, 0.3) is 0 Å². The van der Waals surface area contributed by atoms with Gasteiger partial charge in [0.2, 0.25) is 0 Å². The van der Waals surface area contributed by atoms with Gasteiger partial charge in [-0.3, -0.25) is 0 Å². The fraction of sp³-hybridized carbons (Fsp3) is 0.333. The molecule has 1 aromatic rings. The summed E-state index contributed by atoms with van der Waals surface area (Å²) in [6.45, 7) is 5.36. The third-order valence-electron chi connectivity index (χ3n) is 1.69. The van der Waals surface area contributed by atoms with Gasteiger partial charge in [0.15, 0.2) is 0 Å². The predicted molar refractivity (Wildman–Crippen MR) is 63.5 cm³/mol. The zero-order valence-electron chi connectivity index (χ0n) is 9.82. The van der Waals surface area contributed by atoms with E-state index < -0.39 is 17.0 Å². The van der Waals surface area contributed by atoms with E-state index in [2.05, 4.69) is 4.74 Å². The van der Waals surface area contributed by atoms with Gasteiger partial charge in [0.05, 0.1) is 5.56 Å². The Hall–Kier alpha value is -1.55. The van der Waals surface area contributed by atoms with Crippen LogP contribution in [-0.4, -0.2) is 17.0 Å². The van der Waals surface area contributed by atoms with Crippen LogP contribution in [0, 0.1) is 0 Å². The number of benzene rings is 1. The predicted octanol–water partition coefficient (Wildman–Crippen LogP) is 3.38. The molecular weight excluding hydrogens is 244 g/mol. The molecule has 1 rings (SSSR count). The second kappa shape index (κ2) is 5.19. The molecule has 0 saturated carbocycles. The molecule has 0 aliphatic heterocycles. The van der Waals surface area contributed by atoms with E-state index in [1.807, 2.05) is 0 Å². The topological polar surface area (TPSA) is 52.6 Å². The van der Waals surface area contributed by atoms with Crippen molar-refractivity contribution in [1.82, 2.24) is 0 Å². The molecule has 0 N–H and O–H groups in total. The summed E-state index contributed by atoms with van der Waals surface area (Å²) in [6.07, 6.45) is 0. The summed E-state index contributed by atoms with van der Waals surface area (Å²) in [7, 11) is 0. The highest BCUT2D eigenvalue weighted by Crippen LogP contribution is 2.16. The average molecular weight is 257 g/mol. The minimum atomic E-state index is -0.921. The van der Waals surface area contributed by atoms with E-state index >= 15 is 0 Å². The SMILES string of the molecule is CC(C)(C)OC(=O)c1ccc(OC(=O)Cl)cc1. The lowest BCUT2D eigenvalue weighted by Crippen LogP contribution is -2.23. The molecule has 17 heavy (non-hydrogen) atoms. The first-order chi connectivity index (χ1) is 7.78. The van der Waals surface area contributed by atoms with Gasteiger partial charge >= 0.3 is 11.4 Å². The number of esters is 1. The molecule has 0 unspecified atom stereocenters. The number of hydrogen-bond donors (Lipinski definition) is 0. The number of hydrogen-bond acceptors (Lipinski definition) is 4. The number of halogens is 1. The first kappa shape index (κ1) is 13.5. The maximum atomic E-state index is 11.6. The molecule has 0 bridgehead atoms. The van der Waals surface area contributed by atoms with Crippen molar-refractivity contribution in [2.45, 2.75) is 26.4 Å². The van der Waals surface area contributed by atoms with Crippen LogP contribution in [0.4, 0.5) is 4.79 Å². The van der Waals surface area contributed by atoms with Gasteiger partial charge in [-0.1, -0.05) is 0 Å². The van der Waals surface area contributed by atoms with E-state index in [1.165, 1.54) is 24.3 Å². The standard InChI is InChI=1S/C12H13ClO4/c1-12(2,3)17-10(14)8-4-6-9(7-5-8)16-11(13)15/h4-7H,1-3H3. The second-order valence-electron chi connectivity index (χ2n) is 4.37. The number of ether oxygens (including phenoxy) is 2. The van der Waals surface area contributed by atoms with Crippen LogP contribution >= 0.6 is 11.6 Å². The second-order valence-corrected chi connectivity index (χ2v) is 4.67. The lowest BCUT2D eigenvalue weighted by atomic mass is 10.1. The Labute approximate surface area is 104 Å². The molecule has 0 saturated heterocycles. The summed E-state index contributed by atoms with van der Waals surface area (Å²) in [4.78, 5) is 22.1. The monoisotopic (exact) mass is 256 g/mol. The van der Waals surface area contributed by atoms with Crippen LogP contribution in [0.25, 0.3) is 0 Å². The van der Waals surface area contributed by atoms with E-state index in [1.54, 1.807) is 20.8 Å². The molecule has 92 valence electrons. The van der Waals surface area contributed by atoms with Crippen molar-refractivity contribution in [1.29, 1.82) is 0 Å². The van der Waals surface area contributed by atoms with Crippen molar-refractivity contribution in [3.8, 4) is 5.75 Å². The molecule has 0 aromatic heterocycles.